The summed E-state index contributed by atoms with van der Waals surface area (Å²) in [5.41, 5.74) is 1.18. The van der Waals surface area contributed by atoms with E-state index in [1.165, 1.54) is 6.20 Å². The predicted molar refractivity (Wildman–Crippen MR) is 91.1 cm³/mol. The third kappa shape index (κ3) is 2.83. The number of carbonyl (C=O) groups is 1. The highest BCUT2D eigenvalue weighted by molar-refractivity contribution is 6.03. The summed E-state index contributed by atoms with van der Waals surface area (Å²) in [6, 6.07) is 7.28. The lowest BCUT2D eigenvalue weighted by atomic mass is 10.2. The van der Waals surface area contributed by atoms with Gasteiger partial charge in [-0.15, -0.1) is 5.10 Å². The minimum Gasteiger partial charge on any atom is -0.351 e. The molecule has 0 unspecified atom stereocenters. The van der Waals surface area contributed by atoms with Gasteiger partial charge < -0.3 is 10.2 Å². The van der Waals surface area contributed by atoms with Crippen molar-refractivity contribution in [1.82, 2.24) is 19.6 Å². The van der Waals surface area contributed by atoms with Crippen molar-refractivity contribution in [3.63, 3.8) is 0 Å². The first-order valence-corrected chi connectivity index (χ1v) is 7.77. The molecule has 0 fully saturated rings. The molecule has 3 aromatic heterocycles. The number of aromatic nitrogens is 4. The average Bonchev–Trinajstić information content (AvgIpc) is 3.04. The lowest BCUT2D eigenvalue weighted by Crippen LogP contribution is -2.28. The third-order valence-corrected chi connectivity index (χ3v) is 3.85. The van der Waals surface area contributed by atoms with Gasteiger partial charge in [0.25, 0.3) is 5.91 Å². The molecule has 1 amide bonds. The monoisotopic (exact) mass is 320 g/mol. The normalized spacial score (nSPS) is 14.1. The van der Waals surface area contributed by atoms with E-state index in [-0.39, 0.29) is 5.91 Å². The molecule has 7 nitrogen and oxygen atoms in total. The van der Waals surface area contributed by atoms with Gasteiger partial charge in [-0.1, -0.05) is 12.2 Å². The van der Waals surface area contributed by atoms with Crippen LogP contribution in [0.1, 0.15) is 16.8 Å². The van der Waals surface area contributed by atoms with Crippen LogP contribution in [0.5, 0.6) is 0 Å². The summed E-state index contributed by atoms with van der Waals surface area (Å²) in [5.74, 6) is 1.12. The number of nitrogens with one attached hydrogen (secondary N) is 1. The molecule has 0 spiro atoms. The zero-order valence-electron chi connectivity index (χ0n) is 13.0. The fraction of sp³-hybridized carbons (Fsp3) is 0.176. The molecule has 0 atom stereocenters. The molecule has 0 aromatic carbocycles. The molecule has 0 bridgehead atoms. The summed E-state index contributed by atoms with van der Waals surface area (Å²) in [5, 5.41) is 7.35. The van der Waals surface area contributed by atoms with E-state index in [1.54, 1.807) is 29.0 Å². The number of nitrogens with zero attached hydrogens (tertiary/aromatic N) is 5. The Balaban J connectivity index is 1.57. The minimum absolute atomic E-state index is 0.243. The quantitative estimate of drug-likeness (QED) is 0.748. The first kappa shape index (κ1) is 14.4. The smallest absolute Gasteiger partial charge is 0.258 e. The highest BCUT2D eigenvalue weighted by atomic mass is 16.1. The fourth-order valence-electron chi connectivity index (χ4n) is 2.64. The van der Waals surface area contributed by atoms with Gasteiger partial charge in [0.2, 0.25) is 0 Å². The van der Waals surface area contributed by atoms with Crippen molar-refractivity contribution in [2.75, 3.05) is 23.3 Å². The topological polar surface area (TPSA) is 75.4 Å². The van der Waals surface area contributed by atoms with Gasteiger partial charge in [-0.25, -0.2) is 9.50 Å². The number of rotatable bonds is 3. The second-order valence-electron chi connectivity index (χ2n) is 5.52. The van der Waals surface area contributed by atoms with E-state index < -0.39 is 0 Å². The summed E-state index contributed by atoms with van der Waals surface area (Å²) < 4.78 is 1.69. The summed E-state index contributed by atoms with van der Waals surface area (Å²) in [4.78, 5) is 22.7. The molecule has 120 valence electrons. The second-order valence-corrected chi connectivity index (χ2v) is 5.52. The largest absolute Gasteiger partial charge is 0.351 e. The molecule has 1 aliphatic heterocycles. The molecule has 7 heteroatoms. The number of hydrogen-bond donors (Lipinski definition) is 1. The molecule has 1 N–H and O–H groups in total. The van der Waals surface area contributed by atoms with Crippen LogP contribution >= 0.6 is 0 Å². The second kappa shape index (κ2) is 6.11. The zero-order chi connectivity index (χ0) is 16.4. The van der Waals surface area contributed by atoms with E-state index in [9.17, 15) is 4.79 Å². The van der Waals surface area contributed by atoms with Gasteiger partial charge in [0, 0.05) is 25.5 Å². The first-order chi connectivity index (χ1) is 11.8. The Bertz CT molecular complexity index is 902. The highest BCUT2D eigenvalue weighted by Crippen LogP contribution is 2.17. The maximum atomic E-state index is 12.2. The summed E-state index contributed by atoms with van der Waals surface area (Å²) >= 11 is 0. The van der Waals surface area contributed by atoms with Crippen LogP contribution < -0.4 is 10.2 Å². The van der Waals surface area contributed by atoms with Crippen LogP contribution in [0.25, 0.3) is 5.65 Å². The number of anilines is 2. The summed E-state index contributed by atoms with van der Waals surface area (Å²) in [7, 11) is 0. The minimum atomic E-state index is -0.243. The molecular weight excluding hydrogens is 304 g/mol. The lowest BCUT2D eigenvalue weighted by Gasteiger charge is -2.23. The Morgan fingerprint density at radius 1 is 1.21 bits per heavy atom. The van der Waals surface area contributed by atoms with Crippen molar-refractivity contribution < 1.29 is 4.79 Å². The van der Waals surface area contributed by atoms with Crippen molar-refractivity contribution in [2.24, 2.45) is 0 Å². The van der Waals surface area contributed by atoms with Gasteiger partial charge in [-0.2, -0.15) is 0 Å². The fourth-order valence-corrected chi connectivity index (χ4v) is 2.64. The number of pyridine rings is 1. The molecule has 24 heavy (non-hydrogen) atoms. The van der Waals surface area contributed by atoms with E-state index >= 15 is 0 Å². The van der Waals surface area contributed by atoms with Crippen molar-refractivity contribution >= 4 is 23.2 Å². The number of imidazole rings is 1. The van der Waals surface area contributed by atoms with Gasteiger partial charge >= 0.3 is 0 Å². The Kier molecular flexibility index (Phi) is 3.66. The van der Waals surface area contributed by atoms with E-state index in [0.29, 0.717) is 17.0 Å². The van der Waals surface area contributed by atoms with Crippen molar-refractivity contribution in [3.8, 4) is 0 Å². The number of fused-ring (bicyclic) bond motifs is 1. The first-order valence-electron chi connectivity index (χ1n) is 7.77. The van der Waals surface area contributed by atoms with Crippen LogP contribution in [0.4, 0.5) is 11.6 Å². The van der Waals surface area contributed by atoms with Crippen LogP contribution in [0, 0.1) is 0 Å². The Hall–Kier alpha value is -3.22. The number of hydrogen-bond acceptors (Lipinski definition) is 5. The summed E-state index contributed by atoms with van der Waals surface area (Å²) in [6.07, 6.45) is 10.2. The maximum Gasteiger partial charge on any atom is 0.258 e. The molecule has 3 aromatic rings. The van der Waals surface area contributed by atoms with Crippen LogP contribution in [0.2, 0.25) is 0 Å². The third-order valence-electron chi connectivity index (χ3n) is 3.85. The number of carbonyl (C=O) groups excluding carboxylic acids is 1. The van der Waals surface area contributed by atoms with Gasteiger partial charge in [-0.05, 0) is 30.7 Å². The van der Waals surface area contributed by atoms with Gasteiger partial charge in [0.05, 0.1) is 11.8 Å². The molecular formula is C17H16N6O. The lowest BCUT2D eigenvalue weighted by molar-refractivity contribution is 0.102. The average molecular weight is 320 g/mol. The molecule has 0 saturated heterocycles. The van der Waals surface area contributed by atoms with E-state index in [1.807, 2.05) is 12.1 Å². The standard InChI is InChI=1S/C17H16N6O/c24-17(13-5-4-8-18-11-13)20-14-12-23-15(19-14)6-7-16(21-23)22-9-2-1-3-10-22/h1-2,4-8,11-12H,3,9-10H2,(H,20,24). The van der Waals surface area contributed by atoms with E-state index in [0.717, 1.165) is 25.3 Å². The Morgan fingerprint density at radius 2 is 2.17 bits per heavy atom. The molecule has 1 aliphatic rings. The van der Waals surface area contributed by atoms with E-state index in [4.69, 9.17) is 0 Å². The van der Waals surface area contributed by atoms with Gasteiger partial charge in [0.15, 0.2) is 11.5 Å². The number of amides is 1. The Morgan fingerprint density at radius 3 is 2.96 bits per heavy atom. The molecule has 0 saturated carbocycles. The van der Waals surface area contributed by atoms with Gasteiger partial charge in [0.1, 0.15) is 5.82 Å². The molecule has 0 aliphatic carbocycles. The molecule has 4 rings (SSSR count). The predicted octanol–water partition coefficient (Wildman–Crippen LogP) is 2.14. The zero-order valence-corrected chi connectivity index (χ0v) is 13.0. The SMILES string of the molecule is O=C(Nc1cn2nc(N3CC=CCC3)ccc2n1)c1cccnc1. The molecule has 4 heterocycles. The maximum absolute atomic E-state index is 12.2. The van der Waals surface area contributed by atoms with Crippen molar-refractivity contribution in [1.29, 1.82) is 0 Å². The van der Waals surface area contributed by atoms with Crippen molar-refractivity contribution in [3.05, 3.63) is 60.6 Å². The molecule has 0 radical (unpaired) electrons. The van der Waals surface area contributed by atoms with Crippen LogP contribution in [-0.4, -0.2) is 38.6 Å². The van der Waals surface area contributed by atoms with E-state index in [2.05, 4.69) is 37.4 Å². The van der Waals surface area contributed by atoms with Crippen LogP contribution in [0.15, 0.2) is 55.0 Å². The van der Waals surface area contributed by atoms with Gasteiger partial charge in [-0.3, -0.25) is 9.78 Å². The highest BCUT2D eigenvalue weighted by Gasteiger charge is 2.12. The summed E-state index contributed by atoms with van der Waals surface area (Å²) in [6.45, 7) is 1.81. The Labute approximate surface area is 138 Å². The van der Waals surface area contributed by atoms with Crippen molar-refractivity contribution in [2.45, 2.75) is 6.42 Å². The van der Waals surface area contributed by atoms with Crippen LogP contribution in [-0.2, 0) is 0 Å². The van der Waals surface area contributed by atoms with Crippen LogP contribution in [0.3, 0.4) is 0 Å².